The number of nitrogens with zero attached hydrogens (tertiary/aromatic N) is 2. The van der Waals surface area contributed by atoms with Gasteiger partial charge in [-0.15, -0.1) is 0 Å². The van der Waals surface area contributed by atoms with Crippen LogP contribution in [0.25, 0.3) is 5.69 Å². The number of aryl methyl sites for hydroxylation is 1. The molecule has 0 fully saturated rings. The molecule has 0 saturated heterocycles. The normalized spacial score (nSPS) is 11.5. The van der Waals surface area contributed by atoms with E-state index in [0.717, 1.165) is 18.5 Å². The van der Waals surface area contributed by atoms with Crippen LogP contribution in [0.4, 0.5) is 0 Å². The van der Waals surface area contributed by atoms with E-state index in [1.807, 2.05) is 26.0 Å². The highest BCUT2D eigenvalue weighted by Gasteiger charge is 2.25. The minimum absolute atomic E-state index is 0.0301. The van der Waals surface area contributed by atoms with Crippen molar-refractivity contribution in [2.75, 3.05) is 0 Å². The Morgan fingerprint density at radius 2 is 2.12 bits per heavy atom. The molecule has 1 aromatic carbocycles. The lowest BCUT2D eigenvalue weighted by atomic mass is 10.0. The summed E-state index contributed by atoms with van der Waals surface area (Å²) < 4.78 is 1.72. The predicted molar refractivity (Wildman–Crippen MR) is 97.4 cm³/mol. The molecule has 128 valence electrons. The van der Waals surface area contributed by atoms with Gasteiger partial charge in [-0.3, -0.25) is 0 Å². The van der Waals surface area contributed by atoms with Gasteiger partial charge in [0.1, 0.15) is 5.56 Å². The molecule has 0 amide bonds. The Kier molecular flexibility index (Phi) is 6.21. The number of carbonyl (C=O) groups is 1. The standard InChI is InChI=1S/C19H23ClN2O2/c1-4-5-6-7-11-16-17(19(23)24)18(13(2)3)22(21-16)15-10-8-9-14(20)12-15/h5-6,8-10,12-13H,4,7,11H2,1-3H3,(H,23,24). The summed E-state index contributed by atoms with van der Waals surface area (Å²) in [5.41, 5.74) is 2.42. The lowest BCUT2D eigenvalue weighted by Gasteiger charge is -2.11. The van der Waals surface area contributed by atoms with E-state index in [-0.39, 0.29) is 5.92 Å². The van der Waals surface area contributed by atoms with Crippen molar-refractivity contribution in [1.82, 2.24) is 9.78 Å². The molecule has 1 heterocycles. The molecular weight excluding hydrogens is 324 g/mol. The zero-order valence-electron chi connectivity index (χ0n) is 14.3. The summed E-state index contributed by atoms with van der Waals surface area (Å²) in [6, 6.07) is 7.32. The fraction of sp³-hybridized carbons (Fsp3) is 0.368. The molecule has 1 aromatic heterocycles. The van der Waals surface area contributed by atoms with Crippen molar-refractivity contribution in [1.29, 1.82) is 0 Å². The first-order chi connectivity index (χ1) is 11.5. The third-order valence-electron chi connectivity index (χ3n) is 3.76. The minimum atomic E-state index is -0.929. The highest BCUT2D eigenvalue weighted by molar-refractivity contribution is 6.30. The van der Waals surface area contributed by atoms with Gasteiger partial charge in [0, 0.05) is 5.02 Å². The van der Waals surface area contributed by atoms with Crippen molar-refractivity contribution in [3.63, 3.8) is 0 Å². The predicted octanol–water partition coefficient (Wildman–Crippen LogP) is 5.25. The zero-order valence-corrected chi connectivity index (χ0v) is 15.0. The molecule has 0 atom stereocenters. The lowest BCUT2D eigenvalue weighted by molar-refractivity contribution is 0.0694. The number of carboxylic acid groups (broad SMARTS) is 1. The molecule has 2 rings (SSSR count). The lowest BCUT2D eigenvalue weighted by Crippen LogP contribution is -2.08. The van der Waals surface area contributed by atoms with Crippen molar-refractivity contribution < 1.29 is 9.90 Å². The highest BCUT2D eigenvalue weighted by atomic mass is 35.5. The first-order valence-electron chi connectivity index (χ1n) is 8.21. The molecule has 0 bridgehead atoms. The average molecular weight is 347 g/mol. The molecular formula is C19H23ClN2O2. The van der Waals surface area contributed by atoms with Crippen LogP contribution in [0.3, 0.4) is 0 Å². The zero-order chi connectivity index (χ0) is 17.7. The van der Waals surface area contributed by atoms with Crippen LogP contribution in [0.15, 0.2) is 36.4 Å². The third kappa shape index (κ3) is 4.06. The van der Waals surface area contributed by atoms with Crippen molar-refractivity contribution in [2.24, 2.45) is 0 Å². The topological polar surface area (TPSA) is 55.1 Å². The van der Waals surface area contributed by atoms with Crippen LogP contribution in [0.2, 0.25) is 5.02 Å². The Balaban J connectivity index is 2.54. The largest absolute Gasteiger partial charge is 0.478 e. The van der Waals surface area contributed by atoms with Gasteiger partial charge in [0.05, 0.1) is 17.1 Å². The van der Waals surface area contributed by atoms with Gasteiger partial charge in [-0.2, -0.15) is 5.10 Å². The summed E-state index contributed by atoms with van der Waals surface area (Å²) in [6.07, 6.45) is 6.50. The SMILES string of the molecule is CCC=CCCc1nn(-c2cccc(Cl)c2)c(C(C)C)c1C(=O)O. The second-order valence-electron chi connectivity index (χ2n) is 5.98. The van der Waals surface area contributed by atoms with Crippen LogP contribution in [0, 0.1) is 0 Å². The molecule has 0 aliphatic heterocycles. The molecule has 0 aliphatic carbocycles. The van der Waals surface area contributed by atoms with Gasteiger partial charge in [0.2, 0.25) is 0 Å². The molecule has 5 heteroatoms. The summed E-state index contributed by atoms with van der Waals surface area (Å²) in [4.78, 5) is 11.9. The molecule has 4 nitrogen and oxygen atoms in total. The van der Waals surface area contributed by atoms with E-state index in [1.165, 1.54) is 0 Å². The highest BCUT2D eigenvalue weighted by Crippen LogP contribution is 2.28. The van der Waals surface area contributed by atoms with Crippen LogP contribution < -0.4 is 0 Å². The number of aromatic carboxylic acids is 1. The average Bonchev–Trinajstić information content (AvgIpc) is 2.91. The van der Waals surface area contributed by atoms with Crippen LogP contribution in [0.1, 0.15) is 61.3 Å². The summed E-state index contributed by atoms with van der Waals surface area (Å²) >= 11 is 6.09. The van der Waals surface area contributed by atoms with Gasteiger partial charge in [-0.05, 0) is 43.4 Å². The van der Waals surface area contributed by atoms with Crippen molar-refractivity contribution in [3.8, 4) is 5.69 Å². The van der Waals surface area contributed by atoms with Crippen LogP contribution >= 0.6 is 11.6 Å². The van der Waals surface area contributed by atoms with E-state index >= 15 is 0 Å². The Labute approximate surface area is 147 Å². The fourth-order valence-electron chi connectivity index (χ4n) is 2.73. The van der Waals surface area contributed by atoms with Crippen LogP contribution in [-0.2, 0) is 6.42 Å². The van der Waals surface area contributed by atoms with Gasteiger partial charge in [-0.1, -0.05) is 50.6 Å². The fourth-order valence-corrected chi connectivity index (χ4v) is 2.91. The van der Waals surface area contributed by atoms with E-state index in [9.17, 15) is 9.90 Å². The maximum Gasteiger partial charge on any atom is 0.339 e. The molecule has 0 aliphatic rings. The molecule has 0 radical (unpaired) electrons. The Morgan fingerprint density at radius 1 is 1.38 bits per heavy atom. The maximum absolute atomic E-state index is 11.9. The van der Waals surface area contributed by atoms with Gasteiger partial charge >= 0.3 is 5.97 Å². The number of rotatable bonds is 7. The van der Waals surface area contributed by atoms with Crippen LogP contribution in [-0.4, -0.2) is 20.9 Å². The van der Waals surface area contributed by atoms with Crippen molar-refractivity contribution in [2.45, 2.75) is 46.0 Å². The number of hydrogen-bond acceptors (Lipinski definition) is 2. The van der Waals surface area contributed by atoms with Crippen molar-refractivity contribution >= 4 is 17.6 Å². The number of hydrogen-bond donors (Lipinski definition) is 1. The number of halogens is 1. The van der Waals surface area contributed by atoms with E-state index in [1.54, 1.807) is 16.8 Å². The van der Waals surface area contributed by atoms with Crippen molar-refractivity contribution in [3.05, 3.63) is 58.4 Å². The minimum Gasteiger partial charge on any atom is -0.478 e. The molecule has 24 heavy (non-hydrogen) atoms. The Bertz CT molecular complexity index is 748. The van der Waals surface area contributed by atoms with E-state index in [0.29, 0.717) is 28.4 Å². The molecule has 2 aromatic rings. The second-order valence-corrected chi connectivity index (χ2v) is 6.41. The van der Waals surface area contributed by atoms with Gasteiger partial charge < -0.3 is 5.11 Å². The van der Waals surface area contributed by atoms with Gasteiger partial charge in [0.15, 0.2) is 0 Å². The Hall–Kier alpha value is -2.07. The smallest absolute Gasteiger partial charge is 0.339 e. The quantitative estimate of drug-likeness (QED) is 0.697. The number of allylic oxidation sites excluding steroid dienone is 2. The summed E-state index contributed by atoms with van der Waals surface area (Å²) in [5, 5.41) is 14.9. The summed E-state index contributed by atoms with van der Waals surface area (Å²) in [5.74, 6) is -0.899. The number of aromatic nitrogens is 2. The second kappa shape index (κ2) is 8.15. The third-order valence-corrected chi connectivity index (χ3v) is 3.99. The Morgan fingerprint density at radius 3 is 2.71 bits per heavy atom. The molecule has 0 spiro atoms. The van der Waals surface area contributed by atoms with Gasteiger partial charge in [0.25, 0.3) is 0 Å². The maximum atomic E-state index is 11.9. The van der Waals surface area contributed by atoms with E-state index < -0.39 is 5.97 Å². The van der Waals surface area contributed by atoms with E-state index in [2.05, 4.69) is 24.2 Å². The first-order valence-corrected chi connectivity index (χ1v) is 8.59. The molecule has 1 N–H and O–H groups in total. The number of carboxylic acids is 1. The van der Waals surface area contributed by atoms with E-state index in [4.69, 9.17) is 11.6 Å². The monoisotopic (exact) mass is 346 g/mol. The summed E-state index contributed by atoms with van der Waals surface area (Å²) in [7, 11) is 0. The van der Waals surface area contributed by atoms with Gasteiger partial charge in [-0.25, -0.2) is 9.48 Å². The molecule has 0 saturated carbocycles. The number of benzene rings is 1. The molecule has 0 unspecified atom stereocenters. The summed E-state index contributed by atoms with van der Waals surface area (Å²) in [6.45, 7) is 6.03. The van der Waals surface area contributed by atoms with Crippen LogP contribution in [0.5, 0.6) is 0 Å². The first kappa shape index (κ1) is 18.3.